The van der Waals surface area contributed by atoms with E-state index >= 15 is 0 Å². The molecule has 0 spiro atoms. The van der Waals surface area contributed by atoms with Gasteiger partial charge in [-0.3, -0.25) is 4.79 Å². The van der Waals surface area contributed by atoms with Crippen LogP contribution in [0.5, 0.6) is 0 Å². The summed E-state index contributed by atoms with van der Waals surface area (Å²) >= 11 is 5.72. The molecular formula is C16H16ClFN2O3S. The molecule has 2 aromatic carbocycles. The van der Waals surface area contributed by atoms with Gasteiger partial charge in [0, 0.05) is 18.1 Å². The quantitative estimate of drug-likeness (QED) is 0.733. The molecule has 8 heteroatoms. The number of sulfonamides is 1. The second-order valence-electron chi connectivity index (χ2n) is 5.00. The first-order valence-electron chi connectivity index (χ1n) is 7.13. The van der Waals surface area contributed by atoms with Crippen molar-refractivity contribution in [1.82, 2.24) is 10.0 Å². The molecule has 2 N–H and O–H groups in total. The third-order valence-electron chi connectivity index (χ3n) is 3.14. The molecule has 0 fully saturated rings. The zero-order valence-corrected chi connectivity index (χ0v) is 14.2. The van der Waals surface area contributed by atoms with Gasteiger partial charge in [-0.05, 0) is 42.0 Å². The lowest BCUT2D eigenvalue weighted by atomic mass is 10.1. The molecule has 24 heavy (non-hydrogen) atoms. The summed E-state index contributed by atoms with van der Waals surface area (Å²) in [7, 11) is -3.64. The van der Waals surface area contributed by atoms with Crippen LogP contribution < -0.4 is 10.0 Å². The Kier molecular flexibility index (Phi) is 6.30. The van der Waals surface area contributed by atoms with Crippen molar-refractivity contribution in [3.63, 3.8) is 0 Å². The fraction of sp³-hybridized carbons (Fsp3) is 0.188. The van der Waals surface area contributed by atoms with Crippen LogP contribution in [0, 0.1) is 5.82 Å². The SMILES string of the molecule is O=C(Cc1ccc(F)cc1)NCCNS(=O)(=O)c1ccc(Cl)cc1. The molecule has 0 unspecified atom stereocenters. The highest BCUT2D eigenvalue weighted by molar-refractivity contribution is 7.89. The van der Waals surface area contributed by atoms with Gasteiger partial charge in [0.05, 0.1) is 11.3 Å². The van der Waals surface area contributed by atoms with Gasteiger partial charge in [0.2, 0.25) is 15.9 Å². The zero-order valence-electron chi connectivity index (χ0n) is 12.6. The van der Waals surface area contributed by atoms with Crippen molar-refractivity contribution in [3.05, 3.63) is 64.9 Å². The van der Waals surface area contributed by atoms with Crippen LogP contribution in [0.2, 0.25) is 5.02 Å². The largest absolute Gasteiger partial charge is 0.355 e. The summed E-state index contributed by atoms with van der Waals surface area (Å²) in [4.78, 5) is 11.8. The van der Waals surface area contributed by atoms with Crippen LogP contribution >= 0.6 is 11.6 Å². The fourth-order valence-electron chi connectivity index (χ4n) is 1.93. The van der Waals surface area contributed by atoms with Crippen LogP contribution in [0.15, 0.2) is 53.4 Å². The van der Waals surface area contributed by atoms with Gasteiger partial charge in [0.25, 0.3) is 0 Å². The van der Waals surface area contributed by atoms with Gasteiger partial charge in [-0.2, -0.15) is 0 Å². The van der Waals surface area contributed by atoms with Crippen molar-refractivity contribution < 1.29 is 17.6 Å². The normalized spacial score (nSPS) is 11.2. The maximum atomic E-state index is 12.8. The third kappa shape index (κ3) is 5.59. The molecule has 0 aliphatic carbocycles. The minimum absolute atomic E-state index is 0.0557. The van der Waals surface area contributed by atoms with Gasteiger partial charge in [-0.1, -0.05) is 23.7 Å². The van der Waals surface area contributed by atoms with Crippen LogP contribution in [0.25, 0.3) is 0 Å². The monoisotopic (exact) mass is 370 g/mol. The molecule has 0 aromatic heterocycles. The van der Waals surface area contributed by atoms with Gasteiger partial charge >= 0.3 is 0 Å². The van der Waals surface area contributed by atoms with E-state index in [1.807, 2.05) is 0 Å². The summed E-state index contributed by atoms with van der Waals surface area (Å²) < 4.78 is 39.2. The first-order chi connectivity index (χ1) is 11.4. The molecule has 5 nitrogen and oxygen atoms in total. The topological polar surface area (TPSA) is 75.3 Å². The Balaban J connectivity index is 1.76. The average molecular weight is 371 g/mol. The van der Waals surface area contributed by atoms with E-state index in [1.54, 1.807) is 0 Å². The summed E-state index contributed by atoms with van der Waals surface area (Å²) in [5.74, 6) is -0.636. The summed E-state index contributed by atoms with van der Waals surface area (Å²) in [5.41, 5.74) is 0.677. The highest BCUT2D eigenvalue weighted by Gasteiger charge is 2.13. The van der Waals surface area contributed by atoms with E-state index in [2.05, 4.69) is 10.0 Å². The zero-order chi connectivity index (χ0) is 17.6. The number of carbonyl (C=O) groups excluding carboxylic acids is 1. The van der Waals surface area contributed by atoms with Crippen LogP contribution in [0.3, 0.4) is 0 Å². The number of hydrogen-bond acceptors (Lipinski definition) is 3. The molecule has 0 aliphatic heterocycles. The van der Waals surface area contributed by atoms with Crippen molar-refractivity contribution in [3.8, 4) is 0 Å². The molecule has 2 aromatic rings. The lowest BCUT2D eigenvalue weighted by Crippen LogP contribution is -2.35. The lowest BCUT2D eigenvalue weighted by Gasteiger charge is -2.08. The summed E-state index contributed by atoms with van der Waals surface area (Å²) in [5, 5.41) is 3.04. The number of amides is 1. The van der Waals surface area contributed by atoms with Gasteiger partial charge in [0.15, 0.2) is 0 Å². The number of nitrogens with one attached hydrogen (secondary N) is 2. The average Bonchev–Trinajstić information content (AvgIpc) is 2.54. The first-order valence-corrected chi connectivity index (χ1v) is 8.99. The minimum atomic E-state index is -3.64. The molecule has 128 valence electrons. The molecule has 0 saturated carbocycles. The van der Waals surface area contributed by atoms with E-state index in [0.717, 1.165) is 0 Å². The van der Waals surface area contributed by atoms with Crippen LogP contribution in [0.1, 0.15) is 5.56 Å². The van der Waals surface area contributed by atoms with Crippen molar-refractivity contribution >= 4 is 27.5 Å². The van der Waals surface area contributed by atoms with Crippen LogP contribution in [0.4, 0.5) is 4.39 Å². The van der Waals surface area contributed by atoms with E-state index in [9.17, 15) is 17.6 Å². The predicted octanol–water partition coefficient (Wildman–Crippen LogP) is 2.12. The minimum Gasteiger partial charge on any atom is -0.355 e. The Hall–Kier alpha value is -1.96. The highest BCUT2D eigenvalue weighted by Crippen LogP contribution is 2.13. The number of benzene rings is 2. The van der Waals surface area contributed by atoms with Crippen LogP contribution in [-0.2, 0) is 21.2 Å². The van der Waals surface area contributed by atoms with Gasteiger partial charge < -0.3 is 5.32 Å². The first kappa shape index (κ1) is 18.4. The van der Waals surface area contributed by atoms with E-state index < -0.39 is 10.0 Å². The van der Waals surface area contributed by atoms with Crippen molar-refractivity contribution in [2.75, 3.05) is 13.1 Å². The Bertz CT molecular complexity index is 793. The second-order valence-corrected chi connectivity index (χ2v) is 7.21. The number of carbonyl (C=O) groups is 1. The summed E-state index contributed by atoms with van der Waals surface area (Å²) in [6, 6.07) is 11.4. The standard InChI is InChI=1S/C16H16ClFN2O3S/c17-13-3-7-15(8-4-13)24(22,23)20-10-9-19-16(21)11-12-1-5-14(18)6-2-12/h1-8,20H,9-11H2,(H,19,21). The molecule has 0 atom stereocenters. The number of hydrogen-bond donors (Lipinski definition) is 2. The Morgan fingerprint density at radius 3 is 2.25 bits per heavy atom. The Labute approximate surface area is 144 Å². The fourth-order valence-corrected chi connectivity index (χ4v) is 3.09. The van der Waals surface area contributed by atoms with E-state index in [4.69, 9.17) is 11.6 Å². The maximum Gasteiger partial charge on any atom is 0.240 e. The van der Waals surface area contributed by atoms with Crippen molar-refractivity contribution in [1.29, 1.82) is 0 Å². The van der Waals surface area contributed by atoms with Gasteiger partial charge in [0.1, 0.15) is 5.82 Å². The Morgan fingerprint density at radius 2 is 1.62 bits per heavy atom. The molecule has 2 rings (SSSR count). The molecular weight excluding hydrogens is 355 g/mol. The van der Waals surface area contributed by atoms with E-state index in [-0.39, 0.29) is 36.1 Å². The third-order valence-corrected chi connectivity index (χ3v) is 4.87. The second kappa shape index (κ2) is 8.23. The van der Waals surface area contributed by atoms with Gasteiger partial charge in [-0.25, -0.2) is 17.5 Å². The van der Waals surface area contributed by atoms with Crippen molar-refractivity contribution in [2.45, 2.75) is 11.3 Å². The highest BCUT2D eigenvalue weighted by atomic mass is 35.5. The van der Waals surface area contributed by atoms with Gasteiger partial charge in [-0.15, -0.1) is 0 Å². The van der Waals surface area contributed by atoms with E-state index in [0.29, 0.717) is 10.6 Å². The molecule has 0 heterocycles. The Morgan fingerprint density at radius 1 is 1.00 bits per heavy atom. The van der Waals surface area contributed by atoms with Crippen LogP contribution in [-0.4, -0.2) is 27.4 Å². The summed E-state index contributed by atoms with van der Waals surface area (Å²) in [6.07, 6.45) is 0.101. The summed E-state index contributed by atoms with van der Waals surface area (Å²) in [6.45, 7) is 0.201. The molecule has 0 saturated heterocycles. The van der Waals surface area contributed by atoms with E-state index in [1.165, 1.54) is 48.5 Å². The molecule has 0 aliphatic rings. The molecule has 0 bridgehead atoms. The lowest BCUT2D eigenvalue weighted by molar-refractivity contribution is -0.120. The smallest absolute Gasteiger partial charge is 0.240 e. The number of halogens is 2. The number of rotatable bonds is 7. The molecule has 0 radical (unpaired) electrons. The molecule has 1 amide bonds. The van der Waals surface area contributed by atoms with Crippen molar-refractivity contribution in [2.24, 2.45) is 0 Å². The predicted molar refractivity (Wildman–Crippen MR) is 89.8 cm³/mol. The maximum absolute atomic E-state index is 12.8.